The average Bonchev–Trinajstić information content (AvgIpc) is 2.03. The van der Waals surface area contributed by atoms with Crippen molar-refractivity contribution in [1.29, 1.82) is 0 Å². The van der Waals surface area contributed by atoms with Crippen LogP contribution in [0.25, 0.3) is 0 Å². The van der Waals surface area contributed by atoms with E-state index >= 15 is 0 Å². The Morgan fingerprint density at radius 3 is 2.67 bits per heavy atom. The molecule has 1 rings (SSSR count). The minimum atomic E-state index is -3.68. The molecule has 5 nitrogen and oxygen atoms in total. The van der Waals surface area contributed by atoms with Crippen molar-refractivity contribution in [2.45, 2.75) is 4.90 Å². The van der Waals surface area contributed by atoms with E-state index in [1.54, 1.807) is 0 Å². The van der Waals surface area contributed by atoms with Crippen LogP contribution in [-0.2, 0) is 10.0 Å². The van der Waals surface area contributed by atoms with Crippen LogP contribution in [0.15, 0.2) is 23.4 Å². The molecule has 0 amide bonds. The Kier molecular flexibility index (Phi) is 2.30. The molecule has 1 heterocycles. The second-order valence-corrected chi connectivity index (χ2v) is 3.67. The topological polar surface area (TPSA) is 82.3 Å². The standard InChI is InChI=1S/C6H8N2O3S/c1-11-5-2-6(4-8-3-5)12(7,9)10/h2-4H,1H3,(H2,7,9,10). The fourth-order valence-corrected chi connectivity index (χ4v) is 1.15. The molecule has 0 saturated heterocycles. The first-order valence-corrected chi connectivity index (χ1v) is 4.60. The zero-order valence-electron chi connectivity index (χ0n) is 6.39. The van der Waals surface area contributed by atoms with E-state index in [-0.39, 0.29) is 4.90 Å². The summed E-state index contributed by atoms with van der Waals surface area (Å²) in [6.07, 6.45) is 2.56. The summed E-state index contributed by atoms with van der Waals surface area (Å²) in [5, 5.41) is 4.86. The third-order valence-electron chi connectivity index (χ3n) is 1.25. The Morgan fingerprint density at radius 1 is 1.50 bits per heavy atom. The molecule has 66 valence electrons. The second-order valence-electron chi connectivity index (χ2n) is 2.11. The highest BCUT2D eigenvalue weighted by molar-refractivity contribution is 7.89. The molecule has 0 radical (unpaired) electrons. The molecule has 0 aliphatic carbocycles. The normalized spacial score (nSPS) is 11.2. The van der Waals surface area contributed by atoms with Gasteiger partial charge in [-0.15, -0.1) is 0 Å². The lowest BCUT2D eigenvalue weighted by molar-refractivity contribution is 0.411. The number of hydrogen-bond acceptors (Lipinski definition) is 4. The summed E-state index contributed by atoms with van der Waals surface area (Å²) in [5.41, 5.74) is 0. The zero-order valence-corrected chi connectivity index (χ0v) is 7.21. The molecule has 0 saturated carbocycles. The molecule has 6 heteroatoms. The molecule has 2 N–H and O–H groups in total. The van der Waals surface area contributed by atoms with Crippen LogP contribution >= 0.6 is 0 Å². The quantitative estimate of drug-likeness (QED) is 0.693. The lowest BCUT2D eigenvalue weighted by Gasteiger charge is -2.00. The van der Waals surface area contributed by atoms with Gasteiger partial charge in [0.25, 0.3) is 0 Å². The van der Waals surface area contributed by atoms with Gasteiger partial charge in [-0.25, -0.2) is 13.6 Å². The van der Waals surface area contributed by atoms with Gasteiger partial charge in [0.15, 0.2) is 0 Å². The number of rotatable bonds is 2. The Morgan fingerprint density at radius 2 is 2.17 bits per heavy atom. The lowest BCUT2D eigenvalue weighted by Crippen LogP contribution is -2.12. The smallest absolute Gasteiger partial charge is 0.239 e. The van der Waals surface area contributed by atoms with Crippen molar-refractivity contribution in [2.75, 3.05) is 7.11 Å². The van der Waals surface area contributed by atoms with Crippen LogP contribution in [0, 0.1) is 0 Å². The van der Waals surface area contributed by atoms with E-state index in [4.69, 9.17) is 9.88 Å². The second kappa shape index (κ2) is 3.08. The number of aromatic nitrogens is 1. The molecule has 0 spiro atoms. The van der Waals surface area contributed by atoms with Crippen molar-refractivity contribution in [3.63, 3.8) is 0 Å². The summed E-state index contributed by atoms with van der Waals surface area (Å²) in [5.74, 6) is 0.363. The first-order valence-electron chi connectivity index (χ1n) is 3.06. The average molecular weight is 188 g/mol. The molecule has 0 aromatic carbocycles. The van der Waals surface area contributed by atoms with Crippen LogP contribution in [0.4, 0.5) is 0 Å². The number of hydrogen-bond donors (Lipinski definition) is 1. The molecule has 0 aliphatic rings. The van der Waals surface area contributed by atoms with Gasteiger partial charge in [-0.05, 0) is 0 Å². The third kappa shape index (κ3) is 1.93. The van der Waals surface area contributed by atoms with E-state index in [0.29, 0.717) is 5.75 Å². The Labute approximate surface area is 70.2 Å². The van der Waals surface area contributed by atoms with Crippen molar-refractivity contribution in [3.05, 3.63) is 18.5 Å². The van der Waals surface area contributed by atoms with Gasteiger partial charge < -0.3 is 4.74 Å². The summed E-state index contributed by atoms with van der Waals surface area (Å²) in [4.78, 5) is 3.58. The molecule has 1 aromatic heterocycles. The predicted molar refractivity (Wildman–Crippen MR) is 42.2 cm³/mol. The van der Waals surface area contributed by atoms with Crippen LogP contribution < -0.4 is 9.88 Å². The molecule has 0 atom stereocenters. The zero-order chi connectivity index (χ0) is 9.19. The lowest BCUT2D eigenvalue weighted by atomic mass is 10.5. The van der Waals surface area contributed by atoms with Gasteiger partial charge in [-0.2, -0.15) is 0 Å². The van der Waals surface area contributed by atoms with Gasteiger partial charge >= 0.3 is 0 Å². The molecule has 0 unspecified atom stereocenters. The number of nitrogens with two attached hydrogens (primary N) is 1. The highest BCUT2D eigenvalue weighted by Crippen LogP contribution is 2.12. The van der Waals surface area contributed by atoms with Crippen LogP contribution in [0.2, 0.25) is 0 Å². The Hall–Kier alpha value is -1.14. The molecule has 12 heavy (non-hydrogen) atoms. The van der Waals surface area contributed by atoms with Gasteiger partial charge in [-0.3, -0.25) is 4.98 Å². The maximum Gasteiger partial charge on any atom is 0.239 e. The SMILES string of the molecule is COc1cncc(S(N)(=O)=O)c1. The van der Waals surface area contributed by atoms with E-state index in [1.807, 2.05) is 0 Å². The fourth-order valence-electron chi connectivity index (χ4n) is 0.666. The maximum absolute atomic E-state index is 10.8. The molecular formula is C6H8N2O3S. The van der Waals surface area contributed by atoms with Gasteiger partial charge in [0.05, 0.1) is 13.3 Å². The van der Waals surface area contributed by atoms with Crippen LogP contribution in [0.1, 0.15) is 0 Å². The van der Waals surface area contributed by atoms with Crippen molar-refractivity contribution < 1.29 is 13.2 Å². The summed E-state index contributed by atoms with van der Waals surface area (Å²) < 4.78 is 26.3. The number of nitrogens with zero attached hydrogens (tertiary/aromatic N) is 1. The summed E-state index contributed by atoms with van der Waals surface area (Å²) in [6.45, 7) is 0. The third-order valence-corrected chi connectivity index (χ3v) is 2.13. The monoisotopic (exact) mass is 188 g/mol. The molecule has 0 aliphatic heterocycles. The highest BCUT2D eigenvalue weighted by Gasteiger charge is 2.08. The van der Waals surface area contributed by atoms with E-state index < -0.39 is 10.0 Å². The molecular weight excluding hydrogens is 180 g/mol. The van der Waals surface area contributed by atoms with Gasteiger partial charge in [-0.1, -0.05) is 0 Å². The minimum absolute atomic E-state index is 0.0538. The van der Waals surface area contributed by atoms with Crippen LogP contribution in [0.3, 0.4) is 0 Å². The molecule has 0 bridgehead atoms. The number of primary sulfonamides is 1. The van der Waals surface area contributed by atoms with Gasteiger partial charge in [0.2, 0.25) is 10.0 Å². The Balaban J connectivity index is 3.20. The van der Waals surface area contributed by atoms with Crippen molar-refractivity contribution in [1.82, 2.24) is 4.98 Å². The summed E-state index contributed by atoms with van der Waals surface area (Å²) in [7, 11) is -2.26. The van der Waals surface area contributed by atoms with E-state index in [9.17, 15) is 8.42 Å². The van der Waals surface area contributed by atoms with Gasteiger partial charge in [0, 0.05) is 12.3 Å². The molecule has 0 fully saturated rings. The van der Waals surface area contributed by atoms with Crippen molar-refractivity contribution in [2.24, 2.45) is 5.14 Å². The summed E-state index contributed by atoms with van der Waals surface area (Å²) in [6, 6.07) is 1.31. The Bertz CT molecular complexity index is 374. The van der Waals surface area contributed by atoms with Crippen molar-refractivity contribution >= 4 is 10.0 Å². The number of pyridine rings is 1. The van der Waals surface area contributed by atoms with E-state index in [1.165, 1.54) is 19.4 Å². The van der Waals surface area contributed by atoms with Crippen LogP contribution in [0.5, 0.6) is 5.75 Å². The first kappa shape index (κ1) is 8.95. The number of sulfonamides is 1. The largest absolute Gasteiger partial charge is 0.495 e. The summed E-state index contributed by atoms with van der Waals surface area (Å²) >= 11 is 0. The number of ether oxygens (including phenoxy) is 1. The fraction of sp³-hybridized carbons (Fsp3) is 0.167. The van der Waals surface area contributed by atoms with Gasteiger partial charge in [0.1, 0.15) is 10.6 Å². The molecule has 1 aromatic rings. The van der Waals surface area contributed by atoms with Crippen LogP contribution in [-0.4, -0.2) is 20.5 Å². The van der Waals surface area contributed by atoms with E-state index in [0.717, 1.165) is 6.20 Å². The number of methoxy groups -OCH3 is 1. The first-order chi connectivity index (χ1) is 5.54. The highest BCUT2D eigenvalue weighted by atomic mass is 32.2. The predicted octanol–water partition coefficient (Wildman–Crippen LogP) is -0.262. The maximum atomic E-state index is 10.8. The minimum Gasteiger partial charge on any atom is -0.495 e. The van der Waals surface area contributed by atoms with Crippen molar-refractivity contribution in [3.8, 4) is 5.75 Å². The van der Waals surface area contributed by atoms with E-state index in [2.05, 4.69) is 4.98 Å².